The van der Waals surface area contributed by atoms with E-state index >= 15 is 0 Å². The summed E-state index contributed by atoms with van der Waals surface area (Å²) in [7, 11) is -3.48. The van der Waals surface area contributed by atoms with Crippen molar-refractivity contribution in [3.05, 3.63) is 59.1 Å². The number of carbonyl (C=O) groups is 1. The van der Waals surface area contributed by atoms with Gasteiger partial charge in [-0.15, -0.1) is 0 Å². The van der Waals surface area contributed by atoms with Crippen molar-refractivity contribution in [3.63, 3.8) is 0 Å². The van der Waals surface area contributed by atoms with Crippen LogP contribution in [0.2, 0.25) is 5.02 Å². The van der Waals surface area contributed by atoms with Crippen LogP contribution in [0.3, 0.4) is 0 Å². The average Bonchev–Trinajstić information content (AvgIpc) is 3.18. The van der Waals surface area contributed by atoms with E-state index in [0.29, 0.717) is 16.5 Å². The van der Waals surface area contributed by atoms with Crippen LogP contribution in [0.25, 0.3) is 0 Å². The Morgan fingerprint density at radius 2 is 1.72 bits per heavy atom. The first kappa shape index (κ1) is 21.5. The summed E-state index contributed by atoms with van der Waals surface area (Å²) in [6, 6.07) is 14.0. The first-order chi connectivity index (χ1) is 13.8. The molecule has 0 atom stereocenters. The van der Waals surface area contributed by atoms with Gasteiger partial charge in [0.2, 0.25) is 10.0 Å². The molecule has 3 rings (SSSR count). The van der Waals surface area contributed by atoms with Gasteiger partial charge in [-0.3, -0.25) is 9.10 Å². The molecule has 0 aliphatic heterocycles. The van der Waals surface area contributed by atoms with Gasteiger partial charge in [-0.25, -0.2) is 8.42 Å². The van der Waals surface area contributed by atoms with E-state index in [1.54, 1.807) is 48.5 Å². The summed E-state index contributed by atoms with van der Waals surface area (Å²) >= 11 is 5.90. The minimum Gasteiger partial charge on any atom is -0.484 e. The van der Waals surface area contributed by atoms with Gasteiger partial charge in [0.25, 0.3) is 5.91 Å². The molecule has 1 amide bonds. The van der Waals surface area contributed by atoms with Crippen molar-refractivity contribution in [2.24, 2.45) is 0 Å². The number of hydrogen-bond donors (Lipinski definition) is 1. The zero-order valence-corrected chi connectivity index (χ0v) is 17.9. The Morgan fingerprint density at radius 1 is 1.10 bits per heavy atom. The fourth-order valence-corrected chi connectivity index (χ4v) is 4.37. The van der Waals surface area contributed by atoms with Crippen molar-refractivity contribution in [2.45, 2.75) is 38.3 Å². The predicted octanol–water partition coefficient (Wildman–Crippen LogP) is 3.74. The second-order valence-corrected chi connectivity index (χ2v) is 9.57. The lowest BCUT2D eigenvalue weighted by molar-refractivity contribution is -0.123. The molecule has 0 heterocycles. The third kappa shape index (κ3) is 6.37. The van der Waals surface area contributed by atoms with Crippen LogP contribution in [0.5, 0.6) is 5.75 Å². The highest BCUT2D eigenvalue weighted by molar-refractivity contribution is 7.92. The lowest BCUT2D eigenvalue weighted by Gasteiger charge is -2.23. The summed E-state index contributed by atoms with van der Waals surface area (Å²) < 4.78 is 31.4. The number of amides is 1. The van der Waals surface area contributed by atoms with Gasteiger partial charge in [0.15, 0.2) is 6.61 Å². The Labute approximate surface area is 176 Å². The molecule has 0 bridgehead atoms. The number of nitrogens with one attached hydrogen (secondary N) is 1. The van der Waals surface area contributed by atoms with Crippen LogP contribution in [-0.4, -0.2) is 33.2 Å². The SMILES string of the molecule is CS(=O)(=O)N(Cc1ccc(Cl)cc1)c1ccc(OCC(=O)NC2CCCC2)cc1. The van der Waals surface area contributed by atoms with Gasteiger partial charge < -0.3 is 10.1 Å². The van der Waals surface area contributed by atoms with Crippen molar-refractivity contribution in [1.29, 1.82) is 0 Å². The molecule has 29 heavy (non-hydrogen) atoms. The summed E-state index contributed by atoms with van der Waals surface area (Å²) in [4.78, 5) is 12.0. The largest absolute Gasteiger partial charge is 0.484 e. The van der Waals surface area contributed by atoms with E-state index in [1.165, 1.54) is 10.6 Å². The summed E-state index contributed by atoms with van der Waals surface area (Å²) in [6.07, 6.45) is 5.52. The Morgan fingerprint density at radius 3 is 2.31 bits per heavy atom. The van der Waals surface area contributed by atoms with Crippen LogP contribution in [0.15, 0.2) is 48.5 Å². The summed E-state index contributed by atoms with van der Waals surface area (Å²) in [5.74, 6) is 0.372. The normalized spacial score (nSPS) is 14.6. The van der Waals surface area contributed by atoms with Crippen LogP contribution in [0, 0.1) is 0 Å². The number of ether oxygens (including phenoxy) is 1. The lowest BCUT2D eigenvalue weighted by atomic mass is 10.2. The van der Waals surface area contributed by atoms with E-state index in [2.05, 4.69) is 5.32 Å². The molecule has 0 aromatic heterocycles. The van der Waals surface area contributed by atoms with Gasteiger partial charge in [-0.1, -0.05) is 36.6 Å². The fourth-order valence-electron chi connectivity index (χ4n) is 3.35. The highest BCUT2D eigenvalue weighted by Crippen LogP contribution is 2.24. The van der Waals surface area contributed by atoms with Gasteiger partial charge in [0, 0.05) is 11.1 Å². The zero-order valence-electron chi connectivity index (χ0n) is 16.3. The third-order valence-corrected chi connectivity index (χ3v) is 6.25. The maximum atomic E-state index is 12.3. The van der Waals surface area contributed by atoms with E-state index in [9.17, 15) is 13.2 Å². The summed E-state index contributed by atoms with van der Waals surface area (Å²) in [5, 5.41) is 3.56. The molecule has 0 unspecified atom stereocenters. The minimum atomic E-state index is -3.48. The minimum absolute atomic E-state index is 0.0591. The molecular weight excluding hydrogens is 412 g/mol. The van der Waals surface area contributed by atoms with Gasteiger partial charge in [-0.2, -0.15) is 0 Å². The van der Waals surface area contributed by atoms with E-state index in [1.807, 2.05) is 0 Å². The average molecular weight is 437 g/mol. The van der Waals surface area contributed by atoms with Crippen LogP contribution in [-0.2, 0) is 21.4 Å². The molecule has 1 aliphatic carbocycles. The van der Waals surface area contributed by atoms with E-state index < -0.39 is 10.0 Å². The monoisotopic (exact) mass is 436 g/mol. The molecular formula is C21H25ClN2O4S. The Hall–Kier alpha value is -2.25. The lowest BCUT2D eigenvalue weighted by Crippen LogP contribution is -2.36. The smallest absolute Gasteiger partial charge is 0.258 e. The number of nitrogens with zero attached hydrogens (tertiary/aromatic N) is 1. The number of halogens is 1. The Balaban J connectivity index is 1.62. The maximum Gasteiger partial charge on any atom is 0.258 e. The van der Waals surface area contributed by atoms with E-state index in [0.717, 1.165) is 31.2 Å². The number of rotatable bonds is 8. The molecule has 156 valence electrons. The topological polar surface area (TPSA) is 75.7 Å². The molecule has 8 heteroatoms. The van der Waals surface area contributed by atoms with Crippen molar-refractivity contribution in [1.82, 2.24) is 5.32 Å². The van der Waals surface area contributed by atoms with Crippen molar-refractivity contribution >= 4 is 33.2 Å². The van der Waals surface area contributed by atoms with Gasteiger partial charge in [-0.05, 0) is 54.8 Å². The second-order valence-electron chi connectivity index (χ2n) is 7.23. The van der Waals surface area contributed by atoms with Crippen molar-refractivity contribution in [2.75, 3.05) is 17.2 Å². The van der Waals surface area contributed by atoms with Crippen LogP contribution >= 0.6 is 11.6 Å². The van der Waals surface area contributed by atoms with Crippen molar-refractivity contribution < 1.29 is 17.9 Å². The molecule has 2 aromatic rings. The number of carbonyl (C=O) groups excluding carboxylic acids is 1. The number of sulfonamides is 1. The van der Waals surface area contributed by atoms with Crippen molar-refractivity contribution in [3.8, 4) is 5.75 Å². The van der Waals surface area contributed by atoms with E-state index in [4.69, 9.17) is 16.3 Å². The van der Waals surface area contributed by atoms with E-state index in [-0.39, 0.29) is 25.1 Å². The standard InChI is InChI=1S/C21H25ClN2O4S/c1-29(26,27)24(14-16-6-8-17(22)9-7-16)19-10-12-20(13-11-19)28-15-21(25)23-18-4-2-3-5-18/h6-13,18H,2-5,14-15H2,1H3,(H,23,25). The zero-order chi connectivity index (χ0) is 20.9. The van der Waals surface area contributed by atoms with Gasteiger partial charge in [0.05, 0.1) is 18.5 Å². The Bertz CT molecular complexity index is 924. The highest BCUT2D eigenvalue weighted by atomic mass is 35.5. The maximum absolute atomic E-state index is 12.3. The molecule has 6 nitrogen and oxygen atoms in total. The molecule has 1 fully saturated rings. The van der Waals surface area contributed by atoms with Gasteiger partial charge in [0.1, 0.15) is 5.75 Å². The van der Waals surface area contributed by atoms with Crippen LogP contribution < -0.4 is 14.4 Å². The molecule has 0 saturated heterocycles. The quantitative estimate of drug-likeness (QED) is 0.683. The molecule has 0 radical (unpaired) electrons. The highest BCUT2D eigenvalue weighted by Gasteiger charge is 2.19. The summed E-state index contributed by atoms with van der Waals surface area (Å²) in [5.41, 5.74) is 1.34. The number of anilines is 1. The molecule has 2 aromatic carbocycles. The van der Waals surface area contributed by atoms with Gasteiger partial charge >= 0.3 is 0 Å². The molecule has 0 spiro atoms. The Kier molecular flexibility index (Phi) is 7.03. The predicted molar refractivity (Wildman–Crippen MR) is 115 cm³/mol. The summed E-state index contributed by atoms with van der Waals surface area (Å²) in [6.45, 7) is 0.135. The third-order valence-electron chi connectivity index (χ3n) is 4.85. The number of benzene rings is 2. The van der Waals surface area contributed by atoms with Crippen LogP contribution in [0.4, 0.5) is 5.69 Å². The second kappa shape index (κ2) is 9.50. The van der Waals surface area contributed by atoms with Crippen LogP contribution in [0.1, 0.15) is 31.2 Å². The fraction of sp³-hybridized carbons (Fsp3) is 0.381. The molecule has 1 N–H and O–H groups in total. The first-order valence-electron chi connectivity index (χ1n) is 9.55. The number of hydrogen-bond acceptors (Lipinski definition) is 4. The molecule has 1 saturated carbocycles. The molecule has 1 aliphatic rings. The first-order valence-corrected chi connectivity index (χ1v) is 11.8.